The van der Waals surface area contributed by atoms with Gasteiger partial charge in [0.2, 0.25) is 0 Å². The topological polar surface area (TPSA) is 67.6 Å². The molecule has 0 aliphatic carbocycles. The fourth-order valence-corrected chi connectivity index (χ4v) is 1.79. The summed E-state index contributed by atoms with van der Waals surface area (Å²) in [6.07, 6.45) is 0.742. The highest BCUT2D eigenvalue weighted by Crippen LogP contribution is 2.13. The molecule has 0 aliphatic rings. The van der Waals surface area contributed by atoms with Gasteiger partial charge in [-0.3, -0.25) is 5.10 Å². The molecule has 5 heteroatoms. The zero-order valence-corrected chi connectivity index (χ0v) is 9.66. The van der Waals surface area contributed by atoms with Gasteiger partial charge in [-0.2, -0.15) is 5.10 Å². The second kappa shape index (κ2) is 4.55. The van der Waals surface area contributed by atoms with E-state index in [4.69, 9.17) is 5.73 Å². The Labute approximate surface area is 96.0 Å². The van der Waals surface area contributed by atoms with E-state index in [1.54, 1.807) is 0 Å². The summed E-state index contributed by atoms with van der Waals surface area (Å²) in [4.78, 5) is 4.25. The number of benzene rings is 1. The summed E-state index contributed by atoms with van der Waals surface area (Å²) in [5.41, 5.74) is 6.61. The van der Waals surface area contributed by atoms with Gasteiger partial charge in [-0.05, 0) is 17.7 Å². The third kappa shape index (κ3) is 2.64. The summed E-state index contributed by atoms with van der Waals surface area (Å²) < 4.78 is 1.07. The van der Waals surface area contributed by atoms with E-state index in [9.17, 15) is 0 Å². The van der Waals surface area contributed by atoms with Gasteiger partial charge >= 0.3 is 0 Å². The lowest BCUT2D eigenvalue weighted by molar-refractivity contribution is 0.916. The lowest BCUT2D eigenvalue weighted by Crippen LogP contribution is -1.98. The zero-order valence-electron chi connectivity index (χ0n) is 8.07. The number of rotatable bonds is 3. The second-order valence-electron chi connectivity index (χ2n) is 3.21. The van der Waals surface area contributed by atoms with Crippen molar-refractivity contribution in [2.75, 3.05) is 0 Å². The van der Waals surface area contributed by atoms with E-state index in [0.29, 0.717) is 12.4 Å². The maximum absolute atomic E-state index is 5.43. The van der Waals surface area contributed by atoms with Gasteiger partial charge in [-0.1, -0.05) is 28.1 Å². The standard InChI is InChI=1S/C10H11BrN4/c11-8-3-1-2-7(4-8)5-9-13-10(6-12)15-14-9/h1-4H,5-6,12H2,(H,13,14,15). The molecular weight excluding hydrogens is 256 g/mol. The first-order valence-electron chi connectivity index (χ1n) is 4.62. The molecule has 0 radical (unpaired) electrons. The summed E-state index contributed by atoms with van der Waals surface area (Å²) in [5.74, 6) is 1.49. The van der Waals surface area contributed by atoms with E-state index in [1.165, 1.54) is 5.56 Å². The van der Waals surface area contributed by atoms with E-state index >= 15 is 0 Å². The quantitative estimate of drug-likeness (QED) is 0.887. The van der Waals surface area contributed by atoms with Crippen molar-refractivity contribution in [3.05, 3.63) is 46.0 Å². The Morgan fingerprint density at radius 1 is 1.40 bits per heavy atom. The molecule has 78 valence electrons. The Morgan fingerprint density at radius 2 is 2.27 bits per heavy atom. The van der Waals surface area contributed by atoms with Gasteiger partial charge in [0.15, 0.2) is 5.82 Å². The number of H-pyrrole nitrogens is 1. The van der Waals surface area contributed by atoms with Crippen molar-refractivity contribution < 1.29 is 0 Å². The predicted octanol–water partition coefficient (Wildman–Crippen LogP) is 1.62. The molecule has 3 N–H and O–H groups in total. The smallest absolute Gasteiger partial charge is 0.164 e. The van der Waals surface area contributed by atoms with Crippen LogP contribution in [0.15, 0.2) is 28.7 Å². The van der Waals surface area contributed by atoms with Crippen LogP contribution in [0.5, 0.6) is 0 Å². The van der Waals surface area contributed by atoms with Gasteiger partial charge in [0.05, 0.1) is 6.54 Å². The highest BCUT2D eigenvalue weighted by Gasteiger charge is 2.02. The van der Waals surface area contributed by atoms with Crippen LogP contribution in [0.3, 0.4) is 0 Å². The molecule has 0 bridgehead atoms. The van der Waals surface area contributed by atoms with E-state index < -0.39 is 0 Å². The average molecular weight is 267 g/mol. The third-order valence-electron chi connectivity index (χ3n) is 2.02. The van der Waals surface area contributed by atoms with Crippen molar-refractivity contribution >= 4 is 15.9 Å². The van der Waals surface area contributed by atoms with E-state index in [2.05, 4.69) is 43.2 Å². The normalized spacial score (nSPS) is 10.5. The van der Waals surface area contributed by atoms with Crippen molar-refractivity contribution in [2.45, 2.75) is 13.0 Å². The minimum absolute atomic E-state index is 0.370. The van der Waals surface area contributed by atoms with Gasteiger partial charge in [0.25, 0.3) is 0 Å². The van der Waals surface area contributed by atoms with Crippen LogP contribution in [-0.2, 0) is 13.0 Å². The van der Waals surface area contributed by atoms with E-state index in [1.807, 2.05) is 12.1 Å². The molecule has 0 unspecified atom stereocenters. The van der Waals surface area contributed by atoms with Crippen LogP contribution < -0.4 is 5.73 Å². The summed E-state index contributed by atoms with van der Waals surface area (Å²) >= 11 is 3.43. The first-order chi connectivity index (χ1) is 7.28. The molecule has 0 spiro atoms. The molecule has 0 amide bonds. The molecule has 15 heavy (non-hydrogen) atoms. The Morgan fingerprint density at radius 3 is 2.93 bits per heavy atom. The summed E-state index contributed by atoms with van der Waals surface area (Å²) in [6.45, 7) is 0.370. The van der Waals surface area contributed by atoms with E-state index in [0.717, 1.165) is 16.7 Å². The number of aromatic amines is 1. The van der Waals surface area contributed by atoms with Gasteiger partial charge in [-0.25, -0.2) is 4.98 Å². The molecule has 4 nitrogen and oxygen atoms in total. The van der Waals surface area contributed by atoms with Crippen molar-refractivity contribution in [1.82, 2.24) is 15.2 Å². The van der Waals surface area contributed by atoms with Crippen LogP contribution in [0.25, 0.3) is 0 Å². The number of nitrogens with one attached hydrogen (secondary N) is 1. The first kappa shape index (κ1) is 10.3. The zero-order chi connectivity index (χ0) is 10.7. The SMILES string of the molecule is NCc1n[nH]c(Cc2cccc(Br)c2)n1. The minimum Gasteiger partial charge on any atom is -0.324 e. The lowest BCUT2D eigenvalue weighted by atomic mass is 10.1. The number of aromatic nitrogens is 3. The average Bonchev–Trinajstić information content (AvgIpc) is 2.65. The minimum atomic E-state index is 0.370. The van der Waals surface area contributed by atoms with Crippen LogP contribution in [0, 0.1) is 0 Å². The van der Waals surface area contributed by atoms with Gasteiger partial charge in [0.1, 0.15) is 5.82 Å². The molecule has 0 aliphatic heterocycles. The fraction of sp³-hybridized carbons (Fsp3) is 0.200. The highest BCUT2D eigenvalue weighted by atomic mass is 79.9. The molecule has 1 aromatic heterocycles. The molecule has 0 saturated carbocycles. The maximum atomic E-state index is 5.43. The summed E-state index contributed by atoms with van der Waals surface area (Å²) in [5, 5.41) is 6.85. The van der Waals surface area contributed by atoms with Crippen LogP contribution in [0.2, 0.25) is 0 Å². The van der Waals surface area contributed by atoms with E-state index in [-0.39, 0.29) is 0 Å². The van der Waals surface area contributed by atoms with Gasteiger partial charge in [0, 0.05) is 10.9 Å². The number of hydrogen-bond acceptors (Lipinski definition) is 3. The third-order valence-corrected chi connectivity index (χ3v) is 2.51. The monoisotopic (exact) mass is 266 g/mol. The van der Waals surface area contributed by atoms with Crippen molar-refractivity contribution in [1.29, 1.82) is 0 Å². The molecular formula is C10H11BrN4. The highest BCUT2D eigenvalue weighted by molar-refractivity contribution is 9.10. The number of nitrogens with zero attached hydrogens (tertiary/aromatic N) is 2. The molecule has 2 aromatic rings. The Kier molecular flexibility index (Phi) is 3.13. The Bertz CT molecular complexity index is 452. The predicted molar refractivity (Wildman–Crippen MR) is 61.2 cm³/mol. The molecule has 2 rings (SSSR count). The molecule has 1 aromatic carbocycles. The summed E-state index contributed by atoms with van der Waals surface area (Å²) in [6, 6.07) is 8.11. The number of hydrogen-bond donors (Lipinski definition) is 2. The van der Waals surface area contributed by atoms with Gasteiger partial charge in [-0.15, -0.1) is 0 Å². The Hall–Kier alpha value is -1.20. The fourth-order valence-electron chi connectivity index (χ4n) is 1.35. The lowest BCUT2D eigenvalue weighted by Gasteiger charge is -1.97. The molecule has 0 atom stereocenters. The number of halogens is 1. The molecule has 0 fully saturated rings. The van der Waals surface area contributed by atoms with Crippen LogP contribution in [0.1, 0.15) is 17.2 Å². The first-order valence-corrected chi connectivity index (χ1v) is 5.42. The van der Waals surface area contributed by atoms with Gasteiger partial charge < -0.3 is 5.73 Å². The van der Waals surface area contributed by atoms with Crippen molar-refractivity contribution in [3.63, 3.8) is 0 Å². The number of nitrogens with two attached hydrogens (primary N) is 1. The van der Waals surface area contributed by atoms with Crippen molar-refractivity contribution in [2.24, 2.45) is 5.73 Å². The second-order valence-corrected chi connectivity index (χ2v) is 4.12. The summed E-state index contributed by atoms with van der Waals surface area (Å²) in [7, 11) is 0. The Balaban J connectivity index is 2.14. The van der Waals surface area contributed by atoms with Crippen LogP contribution in [0.4, 0.5) is 0 Å². The van der Waals surface area contributed by atoms with Crippen LogP contribution in [-0.4, -0.2) is 15.2 Å². The largest absolute Gasteiger partial charge is 0.324 e. The molecule has 1 heterocycles. The molecule has 0 saturated heterocycles. The van der Waals surface area contributed by atoms with Crippen molar-refractivity contribution in [3.8, 4) is 0 Å². The maximum Gasteiger partial charge on any atom is 0.164 e. The van der Waals surface area contributed by atoms with Crippen LogP contribution >= 0.6 is 15.9 Å².